The van der Waals surface area contributed by atoms with Gasteiger partial charge in [0.2, 0.25) is 0 Å². The second-order valence-corrected chi connectivity index (χ2v) is 2.36. The highest BCUT2D eigenvalue weighted by Gasteiger charge is 2.01. The number of hydrogen-bond acceptors (Lipinski definition) is 1. The van der Waals surface area contributed by atoms with Crippen molar-refractivity contribution < 1.29 is 5.11 Å². The van der Waals surface area contributed by atoms with Crippen LogP contribution in [0.4, 0.5) is 5.69 Å². The van der Waals surface area contributed by atoms with Crippen molar-refractivity contribution >= 4 is 17.3 Å². The molecule has 2 N–H and O–H groups in total. The fourth-order valence-corrected chi connectivity index (χ4v) is 0.964. The van der Waals surface area contributed by atoms with Gasteiger partial charge in [0.1, 0.15) is 6.61 Å². The zero-order chi connectivity index (χ0) is 7.56. The van der Waals surface area contributed by atoms with Gasteiger partial charge >= 0.3 is 0 Å². The van der Waals surface area contributed by atoms with E-state index in [9.17, 15) is 5.11 Å². The Kier molecular flexibility index (Phi) is 2.14. The second-order valence-electron chi connectivity index (χ2n) is 1.95. The van der Waals surface area contributed by atoms with Crippen molar-refractivity contribution in [3.63, 3.8) is 0 Å². The molecule has 0 bridgehead atoms. The van der Waals surface area contributed by atoms with Crippen LogP contribution in [0.15, 0.2) is 18.2 Å². The molecule has 0 aliphatic heterocycles. The minimum Gasteiger partial charge on any atom is -0.398 e. The summed E-state index contributed by atoms with van der Waals surface area (Å²) >= 11 is 5.65. The van der Waals surface area contributed by atoms with Crippen molar-refractivity contribution in [3.8, 4) is 0 Å². The molecule has 53 valence electrons. The maximum Gasteiger partial charge on any atom is 0.111 e. The highest BCUT2D eigenvalue weighted by molar-refractivity contribution is 6.31. The maximum atomic E-state index is 10.4. The van der Waals surface area contributed by atoms with Gasteiger partial charge in [-0.05, 0) is 12.1 Å². The van der Waals surface area contributed by atoms with Gasteiger partial charge in [0.05, 0.1) is 0 Å². The van der Waals surface area contributed by atoms with Crippen LogP contribution in [0.2, 0.25) is 5.02 Å². The van der Waals surface area contributed by atoms with E-state index in [1.54, 1.807) is 18.2 Å². The summed E-state index contributed by atoms with van der Waals surface area (Å²) in [5.41, 5.74) is 6.41. The Hall–Kier alpha value is -0.730. The predicted molar refractivity (Wildman–Crippen MR) is 40.3 cm³/mol. The lowest BCUT2D eigenvalue weighted by Crippen LogP contribution is -1.93. The lowest BCUT2D eigenvalue weighted by molar-refractivity contribution is 0.178. The molecule has 0 aliphatic carbocycles. The minimum atomic E-state index is -0.356. The first-order valence-electron chi connectivity index (χ1n) is 2.86. The largest absolute Gasteiger partial charge is 0.398 e. The third-order valence-corrected chi connectivity index (χ3v) is 1.65. The quantitative estimate of drug-likeness (QED) is 0.620. The number of anilines is 1. The number of halogens is 1. The first-order chi connectivity index (χ1) is 4.75. The molecule has 0 saturated heterocycles. The first kappa shape index (κ1) is 7.38. The number of hydrogen-bond donors (Lipinski definition) is 1. The first-order valence-corrected chi connectivity index (χ1v) is 3.24. The Morgan fingerprint density at radius 2 is 2.20 bits per heavy atom. The Labute approximate surface area is 64.2 Å². The van der Waals surface area contributed by atoms with E-state index >= 15 is 0 Å². The van der Waals surface area contributed by atoms with Crippen LogP contribution in [-0.2, 0) is 11.7 Å². The molecular formula is C7H7ClNO. The topological polar surface area (TPSA) is 45.9 Å². The Morgan fingerprint density at radius 3 is 2.60 bits per heavy atom. The van der Waals surface area contributed by atoms with Crippen LogP contribution in [0.5, 0.6) is 0 Å². The Morgan fingerprint density at radius 1 is 1.50 bits per heavy atom. The molecule has 1 aromatic carbocycles. The lowest BCUT2D eigenvalue weighted by Gasteiger charge is -2.01. The molecule has 0 amide bonds. The van der Waals surface area contributed by atoms with Crippen molar-refractivity contribution in [1.82, 2.24) is 0 Å². The highest BCUT2D eigenvalue weighted by atomic mass is 35.5. The van der Waals surface area contributed by atoms with Gasteiger partial charge in [0.25, 0.3) is 0 Å². The summed E-state index contributed by atoms with van der Waals surface area (Å²) in [5, 5.41) is 10.9. The molecule has 0 spiro atoms. The fourth-order valence-electron chi connectivity index (χ4n) is 0.728. The van der Waals surface area contributed by atoms with Gasteiger partial charge in [-0.15, -0.1) is 0 Å². The zero-order valence-corrected chi connectivity index (χ0v) is 6.06. The predicted octanol–water partition coefficient (Wildman–Crippen LogP) is 1.85. The summed E-state index contributed by atoms with van der Waals surface area (Å²) in [4.78, 5) is 0. The van der Waals surface area contributed by atoms with Crippen LogP contribution < -0.4 is 5.73 Å². The van der Waals surface area contributed by atoms with Crippen LogP contribution in [0.25, 0.3) is 0 Å². The van der Waals surface area contributed by atoms with Crippen LogP contribution in [-0.4, -0.2) is 0 Å². The molecule has 0 aliphatic rings. The van der Waals surface area contributed by atoms with Crippen molar-refractivity contribution in [2.45, 2.75) is 6.61 Å². The Balaban J connectivity index is 3.17. The standard InChI is InChI=1S/C7H7ClNO/c8-6-2-1-3-7(9)5(6)4-10/h1-3H,4,9H2. The zero-order valence-electron chi connectivity index (χ0n) is 5.30. The van der Waals surface area contributed by atoms with Gasteiger partial charge in [0, 0.05) is 16.3 Å². The number of rotatable bonds is 1. The molecule has 1 rings (SSSR count). The van der Waals surface area contributed by atoms with Crippen molar-refractivity contribution in [1.29, 1.82) is 0 Å². The smallest absolute Gasteiger partial charge is 0.111 e. The number of nitrogens with two attached hydrogens (primary N) is 1. The molecule has 3 heteroatoms. The summed E-state index contributed by atoms with van der Waals surface area (Å²) in [6, 6.07) is 5.04. The van der Waals surface area contributed by atoms with Crippen LogP contribution in [0.3, 0.4) is 0 Å². The molecule has 1 aromatic rings. The highest BCUT2D eigenvalue weighted by Crippen LogP contribution is 2.21. The SMILES string of the molecule is Nc1cccc(Cl)c1C[O]. The molecule has 10 heavy (non-hydrogen) atoms. The van der Waals surface area contributed by atoms with E-state index in [1.807, 2.05) is 0 Å². The third kappa shape index (κ3) is 1.23. The second kappa shape index (κ2) is 2.90. The molecule has 0 heterocycles. The summed E-state index contributed by atoms with van der Waals surface area (Å²) in [5.74, 6) is 0. The van der Waals surface area contributed by atoms with Crippen LogP contribution in [0.1, 0.15) is 5.56 Å². The van der Waals surface area contributed by atoms with Gasteiger partial charge in [-0.2, -0.15) is 0 Å². The van der Waals surface area contributed by atoms with E-state index < -0.39 is 0 Å². The summed E-state index contributed by atoms with van der Waals surface area (Å²) in [7, 11) is 0. The molecule has 1 radical (unpaired) electrons. The average molecular weight is 157 g/mol. The van der Waals surface area contributed by atoms with Gasteiger partial charge < -0.3 is 5.73 Å². The molecule has 0 aromatic heterocycles. The summed E-state index contributed by atoms with van der Waals surface area (Å²) < 4.78 is 0. The maximum absolute atomic E-state index is 10.4. The Bertz CT molecular complexity index is 217. The van der Waals surface area contributed by atoms with Crippen molar-refractivity contribution in [2.24, 2.45) is 0 Å². The fraction of sp³-hybridized carbons (Fsp3) is 0.143. The van der Waals surface area contributed by atoms with E-state index in [2.05, 4.69) is 0 Å². The summed E-state index contributed by atoms with van der Waals surface area (Å²) in [6.45, 7) is -0.356. The van der Waals surface area contributed by atoms with E-state index in [1.165, 1.54) is 0 Å². The molecule has 0 atom stereocenters. The lowest BCUT2D eigenvalue weighted by atomic mass is 10.2. The van der Waals surface area contributed by atoms with Gasteiger partial charge in [0.15, 0.2) is 0 Å². The van der Waals surface area contributed by atoms with Crippen molar-refractivity contribution in [2.75, 3.05) is 5.73 Å². The van der Waals surface area contributed by atoms with Gasteiger partial charge in [-0.25, -0.2) is 5.11 Å². The van der Waals surface area contributed by atoms with Gasteiger partial charge in [-0.1, -0.05) is 17.7 Å². The minimum absolute atomic E-state index is 0.356. The van der Waals surface area contributed by atoms with Crippen LogP contribution in [0, 0.1) is 0 Å². The van der Waals surface area contributed by atoms with E-state index in [-0.39, 0.29) is 6.61 Å². The van der Waals surface area contributed by atoms with E-state index in [4.69, 9.17) is 17.3 Å². The van der Waals surface area contributed by atoms with Crippen LogP contribution >= 0.6 is 11.6 Å². The molecular weight excluding hydrogens is 150 g/mol. The summed E-state index contributed by atoms with van der Waals surface area (Å²) in [6.07, 6.45) is 0. The number of nitrogen functional groups attached to an aromatic ring is 1. The van der Waals surface area contributed by atoms with E-state index in [0.29, 0.717) is 16.3 Å². The molecule has 0 fully saturated rings. The van der Waals surface area contributed by atoms with E-state index in [0.717, 1.165) is 0 Å². The monoisotopic (exact) mass is 156 g/mol. The molecule has 0 saturated carbocycles. The molecule has 2 nitrogen and oxygen atoms in total. The van der Waals surface area contributed by atoms with Gasteiger partial charge in [-0.3, -0.25) is 0 Å². The third-order valence-electron chi connectivity index (χ3n) is 1.30. The number of benzene rings is 1. The molecule has 0 unspecified atom stereocenters. The van der Waals surface area contributed by atoms with Crippen molar-refractivity contribution in [3.05, 3.63) is 28.8 Å². The normalized spacial score (nSPS) is 9.80. The average Bonchev–Trinajstić information content (AvgIpc) is 1.88.